The molecule has 2 aromatic rings. The molecule has 5 nitrogen and oxygen atoms in total. The van der Waals surface area contributed by atoms with E-state index in [9.17, 15) is 4.79 Å². The van der Waals surface area contributed by atoms with E-state index in [0.717, 1.165) is 42.9 Å². The zero-order chi connectivity index (χ0) is 16.0. The van der Waals surface area contributed by atoms with Gasteiger partial charge in [0.15, 0.2) is 0 Å². The number of amides is 1. The van der Waals surface area contributed by atoms with Gasteiger partial charge in [0.1, 0.15) is 0 Å². The standard InChI is InChI=1S/C18H24N4O/c1-12-10-16(13(2)22(12)15-5-6-15)18(23)21-9-3-4-14(11-21)17-7-8-19-20-17/h7-8,10,14-15H,3-6,9,11H2,1-2H3,(H,19,20)/t14-/m0/s1. The van der Waals surface area contributed by atoms with E-state index < -0.39 is 0 Å². The fraction of sp³-hybridized carbons (Fsp3) is 0.556. The number of aromatic nitrogens is 3. The number of hydrogen-bond acceptors (Lipinski definition) is 2. The molecule has 1 saturated carbocycles. The summed E-state index contributed by atoms with van der Waals surface area (Å²) in [5.41, 5.74) is 4.39. The van der Waals surface area contributed by atoms with Gasteiger partial charge in [-0.25, -0.2) is 0 Å². The number of H-pyrrole nitrogens is 1. The molecule has 122 valence electrons. The van der Waals surface area contributed by atoms with E-state index >= 15 is 0 Å². The van der Waals surface area contributed by atoms with Crippen molar-refractivity contribution >= 4 is 5.91 Å². The molecule has 0 bridgehead atoms. The van der Waals surface area contributed by atoms with Crippen molar-refractivity contribution in [2.45, 2.75) is 51.5 Å². The summed E-state index contributed by atoms with van der Waals surface area (Å²) in [5.74, 6) is 0.566. The second kappa shape index (κ2) is 5.55. The van der Waals surface area contributed by atoms with Gasteiger partial charge in [0.2, 0.25) is 0 Å². The molecule has 4 rings (SSSR count). The molecule has 2 aromatic heterocycles. The first-order chi connectivity index (χ1) is 11.1. The molecule has 23 heavy (non-hydrogen) atoms. The van der Waals surface area contributed by atoms with Gasteiger partial charge in [-0.05, 0) is 51.7 Å². The van der Waals surface area contributed by atoms with Gasteiger partial charge < -0.3 is 9.47 Å². The van der Waals surface area contributed by atoms with Gasteiger partial charge in [-0.15, -0.1) is 0 Å². The van der Waals surface area contributed by atoms with Crippen LogP contribution in [0, 0.1) is 13.8 Å². The third kappa shape index (κ3) is 2.58. The van der Waals surface area contributed by atoms with Crippen LogP contribution >= 0.6 is 0 Å². The van der Waals surface area contributed by atoms with Crippen molar-refractivity contribution in [3.63, 3.8) is 0 Å². The number of rotatable bonds is 3. The molecule has 2 fully saturated rings. The molecule has 1 aliphatic carbocycles. The summed E-state index contributed by atoms with van der Waals surface area (Å²) in [6.45, 7) is 5.85. The van der Waals surface area contributed by atoms with Crippen molar-refractivity contribution in [2.75, 3.05) is 13.1 Å². The quantitative estimate of drug-likeness (QED) is 0.946. The van der Waals surface area contributed by atoms with Gasteiger partial charge in [0, 0.05) is 48.3 Å². The van der Waals surface area contributed by atoms with Crippen LogP contribution in [0.5, 0.6) is 0 Å². The predicted molar refractivity (Wildman–Crippen MR) is 88.6 cm³/mol. The minimum Gasteiger partial charge on any atom is -0.345 e. The van der Waals surface area contributed by atoms with E-state index in [1.54, 1.807) is 6.20 Å². The van der Waals surface area contributed by atoms with Crippen LogP contribution in [-0.2, 0) is 0 Å². The summed E-state index contributed by atoms with van der Waals surface area (Å²) in [6.07, 6.45) is 6.45. The summed E-state index contributed by atoms with van der Waals surface area (Å²) in [7, 11) is 0. The lowest BCUT2D eigenvalue weighted by Crippen LogP contribution is -2.39. The summed E-state index contributed by atoms with van der Waals surface area (Å²) in [5, 5.41) is 7.11. The molecule has 1 N–H and O–H groups in total. The lowest BCUT2D eigenvalue weighted by Gasteiger charge is -2.32. The average Bonchev–Trinajstić information content (AvgIpc) is 3.13. The Kier molecular flexibility index (Phi) is 3.51. The van der Waals surface area contributed by atoms with E-state index in [4.69, 9.17) is 0 Å². The highest BCUT2D eigenvalue weighted by atomic mass is 16.2. The van der Waals surface area contributed by atoms with Crippen molar-refractivity contribution in [2.24, 2.45) is 0 Å². The van der Waals surface area contributed by atoms with Crippen molar-refractivity contribution < 1.29 is 4.79 Å². The number of nitrogens with zero attached hydrogens (tertiary/aromatic N) is 3. The fourth-order valence-electron chi connectivity index (χ4n) is 3.97. The molecule has 0 unspecified atom stereocenters. The zero-order valence-corrected chi connectivity index (χ0v) is 13.9. The van der Waals surface area contributed by atoms with Crippen LogP contribution in [0.1, 0.15) is 65.1 Å². The van der Waals surface area contributed by atoms with Gasteiger partial charge in [-0.3, -0.25) is 9.89 Å². The van der Waals surface area contributed by atoms with Crippen LogP contribution in [0.15, 0.2) is 18.3 Å². The molecule has 3 heterocycles. The Morgan fingerprint density at radius 1 is 1.30 bits per heavy atom. The SMILES string of the molecule is Cc1cc(C(=O)N2CCC[C@H](c3ccn[nH]3)C2)c(C)n1C1CC1. The number of nitrogens with one attached hydrogen (secondary N) is 1. The molecule has 1 amide bonds. The number of hydrogen-bond donors (Lipinski definition) is 1. The summed E-state index contributed by atoms with van der Waals surface area (Å²) >= 11 is 0. The first kappa shape index (κ1) is 14.5. The third-order valence-corrected chi connectivity index (χ3v) is 5.30. The van der Waals surface area contributed by atoms with Crippen LogP contribution in [0.2, 0.25) is 0 Å². The van der Waals surface area contributed by atoms with E-state index in [2.05, 4.69) is 34.7 Å². The van der Waals surface area contributed by atoms with Gasteiger partial charge in [0.25, 0.3) is 5.91 Å². The minimum absolute atomic E-state index is 0.189. The Bertz CT molecular complexity index is 712. The molecular formula is C18H24N4O. The molecule has 0 radical (unpaired) electrons. The lowest BCUT2D eigenvalue weighted by molar-refractivity contribution is 0.0705. The van der Waals surface area contributed by atoms with Crippen LogP contribution < -0.4 is 0 Å². The van der Waals surface area contributed by atoms with Crippen LogP contribution in [0.3, 0.4) is 0 Å². The second-order valence-electron chi connectivity index (χ2n) is 6.99. The van der Waals surface area contributed by atoms with E-state index in [-0.39, 0.29) is 5.91 Å². The normalized spacial score (nSPS) is 21.7. The maximum Gasteiger partial charge on any atom is 0.255 e. The molecule has 0 aromatic carbocycles. The molecule has 1 aliphatic heterocycles. The van der Waals surface area contributed by atoms with Crippen molar-refractivity contribution in [3.05, 3.63) is 41.0 Å². The maximum atomic E-state index is 13.0. The minimum atomic E-state index is 0.189. The second-order valence-corrected chi connectivity index (χ2v) is 6.99. The number of aryl methyl sites for hydroxylation is 1. The number of likely N-dealkylation sites (tertiary alicyclic amines) is 1. The smallest absolute Gasteiger partial charge is 0.255 e. The Balaban J connectivity index is 1.56. The van der Waals surface area contributed by atoms with Gasteiger partial charge >= 0.3 is 0 Å². The summed E-state index contributed by atoms with van der Waals surface area (Å²) in [6, 6.07) is 4.73. The molecule has 0 spiro atoms. The van der Waals surface area contributed by atoms with Gasteiger partial charge in [-0.2, -0.15) is 5.10 Å². The summed E-state index contributed by atoms with van der Waals surface area (Å²) in [4.78, 5) is 15.1. The van der Waals surface area contributed by atoms with E-state index in [1.807, 2.05) is 11.0 Å². The van der Waals surface area contributed by atoms with Crippen molar-refractivity contribution in [1.82, 2.24) is 19.7 Å². The predicted octanol–water partition coefficient (Wildman–Crippen LogP) is 3.18. The first-order valence-electron chi connectivity index (χ1n) is 8.62. The molecule has 5 heteroatoms. The topological polar surface area (TPSA) is 53.9 Å². The average molecular weight is 312 g/mol. The number of carbonyl (C=O) groups is 1. The van der Waals surface area contributed by atoms with Crippen LogP contribution in [-0.4, -0.2) is 38.7 Å². The third-order valence-electron chi connectivity index (χ3n) is 5.30. The molecular weight excluding hydrogens is 288 g/mol. The Hall–Kier alpha value is -2.04. The molecule has 1 saturated heterocycles. The summed E-state index contributed by atoms with van der Waals surface area (Å²) < 4.78 is 2.35. The van der Waals surface area contributed by atoms with Crippen LogP contribution in [0.4, 0.5) is 0 Å². The number of aromatic amines is 1. The van der Waals surface area contributed by atoms with Crippen molar-refractivity contribution in [1.29, 1.82) is 0 Å². The molecule has 1 atom stereocenters. The largest absolute Gasteiger partial charge is 0.345 e. The van der Waals surface area contributed by atoms with Gasteiger partial charge in [-0.1, -0.05) is 0 Å². The Morgan fingerprint density at radius 2 is 2.13 bits per heavy atom. The van der Waals surface area contributed by atoms with Crippen LogP contribution in [0.25, 0.3) is 0 Å². The highest BCUT2D eigenvalue weighted by Crippen LogP contribution is 2.38. The monoisotopic (exact) mass is 312 g/mol. The number of piperidine rings is 1. The molecule has 2 aliphatic rings. The van der Waals surface area contributed by atoms with Crippen molar-refractivity contribution in [3.8, 4) is 0 Å². The fourth-order valence-corrected chi connectivity index (χ4v) is 3.97. The highest BCUT2D eigenvalue weighted by Gasteiger charge is 2.31. The maximum absolute atomic E-state index is 13.0. The first-order valence-corrected chi connectivity index (χ1v) is 8.62. The zero-order valence-electron chi connectivity index (χ0n) is 13.9. The van der Waals surface area contributed by atoms with Gasteiger partial charge in [0.05, 0.1) is 5.56 Å². The van der Waals surface area contributed by atoms with E-state index in [1.165, 1.54) is 18.5 Å². The Morgan fingerprint density at radius 3 is 2.83 bits per heavy atom. The Labute approximate surface area is 136 Å². The lowest BCUT2D eigenvalue weighted by atomic mass is 9.94. The number of carbonyl (C=O) groups excluding carboxylic acids is 1. The highest BCUT2D eigenvalue weighted by molar-refractivity contribution is 5.95. The van der Waals surface area contributed by atoms with E-state index in [0.29, 0.717) is 12.0 Å².